The Hall–Kier alpha value is -3.43. The van der Waals surface area contributed by atoms with Crippen LogP contribution in [0.4, 0.5) is 0 Å². The Morgan fingerprint density at radius 1 is 1.14 bits per heavy atom. The summed E-state index contributed by atoms with van der Waals surface area (Å²) in [6.45, 7) is 2.55. The molecule has 0 bridgehead atoms. The number of hydrogen-bond donors (Lipinski definition) is 2. The predicted molar refractivity (Wildman–Crippen MR) is 103 cm³/mol. The normalized spacial score (nSPS) is 11.9. The van der Waals surface area contributed by atoms with E-state index in [1.54, 1.807) is 12.1 Å². The lowest BCUT2D eigenvalue weighted by molar-refractivity contribution is -0.151. The lowest BCUT2D eigenvalue weighted by Crippen LogP contribution is -2.44. The highest BCUT2D eigenvalue weighted by atomic mass is 16.5. The average Bonchev–Trinajstić information content (AvgIpc) is 2.69. The minimum Gasteiger partial charge on any atom is -0.467 e. The van der Waals surface area contributed by atoms with Gasteiger partial charge in [-0.1, -0.05) is 26.0 Å². The number of aromatic amines is 1. The van der Waals surface area contributed by atoms with Crippen molar-refractivity contribution in [3.63, 3.8) is 0 Å². The number of carbonyl (C=O) groups is 3. The number of hydrogen-bond acceptors (Lipinski definition) is 7. The molecule has 1 aromatic carbocycles. The maximum absolute atomic E-state index is 12.4. The zero-order chi connectivity index (χ0) is 21.6. The summed E-state index contributed by atoms with van der Waals surface area (Å²) >= 11 is 0. The van der Waals surface area contributed by atoms with Crippen molar-refractivity contribution in [2.24, 2.45) is 5.92 Å². The van der Waals surface area contributed by atoms with Gasteiger partial charge >= 0.3 is 11.9 Å². The van der Waals surface area contributed by atoms with E-state index in [0.717, 1.165) is 4.68 Å². The van der Waals surface area contributed by atoms with Crippen LogP contribution >= 0.6 is 0 Å². The molecule has 0 saturated heterocycles. The van der Waals surface area contributed by atoms with Gasteiger partial charge in [0.25, 0.3) is 17.0 Å². The number of benzene rings is 1. The first-order valence-corrected chi connectivity index (χ1v) is 8.97. The third-order valence-corrected chi connectivity index (χ3v) is 4.06. The standard InChI is InChI=1S/C19H23N3O7/c1-11(2)8-14(19(27)28-3)20-15(23)10-29-16(24)9-22-18(26)13-7-5-4-6-12(13)17(25)21-22/h4-7,11,14H,8-10H2,1-3H3,(H,20,23)(H,21,25). The molecule has 2 N–H and O–H groups in total. The van der Waals surface area contributed by atoms with E-state index >= 15 is 0 Å². The highest BCUT2D eigenvalue weighted by molar-refractivity contribution is 5.86. The fourth-order valence-electron chi connectivity index (χ4n) is 2.74. The number of nitrogens with zero attached hydrogens (tertiary/aromatic N) is 1. The second-order valence-electron chi connectivity index (χ2n) is 6.81. The van der Waals surface area contributed by atoms with Crippen molar-refractivity contribution in [3.8, 4) is 0 Å². The minimum absolute atomic E-state index is 0.124. The lowest BCUT2D eigenvalue weighted by atomic mass is 10.0. The van der Waals surface area contributed by atoms with Crippen LogP contribution in [0.15, 0.2) is 33.9 Å². The average molecular weight is 405 g/mol. The molecule has 2 aromatic rings. The molecule has 0 aliphatic rings. The van der Waals surface area contributed by atoms with Gasteiger partial charge in [-0.3, -0.25) is 24.3 Å². The molecule has 1 amide bonds. The van der Waals surface area contributed by atoms with Gasteiger partial charge in [0, 0.05) is 0 Å². The molecule has 1 atom stereocenters. The summed E-state index contributed by atoms with van der Waals surface area (Å²) in [5, 5.41) is 5.12. The van der Waals surface area contributed by atoms with Gasteiger partial charge in [0.15, 0.2) is 6.61 Å². The zero-order valence-corrected chi connectivity index (χ0v) is 16.4. The fraction of sp³-hybridized carbons (Fsp3) is 0.421. The number of methoxy groups -OCH3 is 1. The number of aromatic nitrogens is 2. The van der Waals surface area contributed by atoms with Crippen molar-refractivity contribution >= 4 is 28.6 Å². The molecule has 10 nitrogen and oxygen atoms in total. The van der Waals surface area contributed by atoms with Crippen LogP contribution in [0.3, 0.4) is 0 Å². The van der Waals surface area contributed by atoms with Crippen molar-refractivity contribution < 1.29 is 23.9 Å². The number of esters is 2. The van der Waals surface area contributed by atoms with E-state index in [0.29, 0.717) is 6.42 Å². The van der Waals surface area contributed by atoms with Crippen molar-refractivity contribution in [1.82, 2.24) is 15.1 Å². The number of H-pyrrole nitrogens is 1. The first-order chi connectivity index (χ1) is 13.7. The van der Waals surface area contributed by atoms with Crippen molar-refractivity contribution in [3.05, 3.63) is 45.0 Å². The molecule has 10 heteroatoms. The summed E-state index contributed by atoms with van der Waals surface area (Å²) in [6.07, 6.45) is 0.361. The largest absolute Gasteiger partial charge is 0.467 e. The molecule has 156 valence electrons. The summed E-state index contributed by atoms with van der Waals surface area (Å²) < 4.78 is 10.3. The highest BCUT2D eigenvalue weighted by Crippen LogP contribution is 2.06. The molecule has 2 rings (SSSR count). The van der Waals surface area contributed by atoms with Gasteiger partial charge in [0.2, 0.25) is 0 Å². The first kappa shape index (κ1) is 21.9. The molecule has 0 fully saturated rings. The second-order valence-corrected chi connectivity index (χ2v) is 6.81. The summed E-state index contributed by atoms with van der Waals surface area (Å²) in [7, 11) is 1.21. The molecular weight excluding hydrogens is 382 g/mol. The summed E-state index contributed by atoms with van der Waals surface area (Å²) in [6, 6.07) is 5.34. The number of rotatable bonds is 8. The van der Waals surface area contributed by atoms with Gasteiger partial charge in [0.05, 0.1) is 17.9 Å². The van der Waals surface area contributed by atoms with Crippen LogP contribution in [0.1, 0.15) is 20.3 Å². The summed E-state index contributed by atoms with van der Waals surface area (Å²) in [5.74, 6) is -2.06. The number of fused-ring (bicyclic) bond motifs is 1. The van der Waals surface area contributed by atoms with Gasteiger partial charge in [0.1, 0.15) is 12.6 Å². The minimum atomic E-state index is -0.897. The third-order valence-electron chi connectivity index (χ3n) is 4.06. The second kappa shape index (κ2) is 9.67. The molecule has 0 saturated carbocycles. The van der Waals surface area contributed by atoms with Crippen LogP contribution in [-0.2, 0) is 30.4 Å². The quantitative estimate of drug-likeness (QED) is 0.587. The van der Waals surface area contributed by atoms with E-state index < -0.39 is 48.2 Å². The Bertz CT molecular complexity index is 1020. The summed E-state index contributed by atoms with van der Waals surface area (Å²) in [4.78, 5) is 60.1. The molecule has 1 unspecified atom stereocenters. The molecule has 1 aromatic heterocycles. The molecule has 0 spiro atoms. The van der Waals surface area contributed by atoms with E-state index in [-0.39, 0.29) is 16.7 Å². The molecule has 0 aliphatic heterocycles. The van der Waals surface area contributed by atoms with Crippen LogP contribution in [0.5, 0.6) is 0 Å². The van der Waals surface area contributed by atoms with Gasteiger partial charge in [-0.15, -0.1) is 0 Å². The van der Waals surface area contributed by atoms with E-state index in [9.17, 15) is 24.0 Å². The van der Waals surface area contributed by atoms with E-state index in [2.05, 4.69) is 15.2 Å². The monoisotopic (exact) mass is 405 g/mol. The van der Waals surface area contributed by atoms with Crippen molar-refractivity contribution in [2.45, 2.75) is 32.9 Å². The zero-order valence-electron chi connectivity index (χ0n) is 16.4. The Morgan fingerprint density at radius 2 is 1.79 bits per heavy atom. The van der Waals surface area contributed by atoms with E-state index in [1.807, 2.05) is 13.8 Å². The van der Waals surface area contributed by atoms with Crippen LogP contribution in [0, 0.1) is 5.92 Å². The topological polar surface area (TPSA) is 137 Å². The third kappa shape index (κ3) is 5.77. The number of ether oxygens (including phenoxy) is 2. The molecule has 29 heavy (non-hydrogen) atoms. The fourth-order valence-corrected chi connectivity index (χ4v) is 2.74. The van der Waals surface area contributed by atoms with E-state index in [1.165, 1.54) is 19.2 Å². The van der Waals surface area contributed by atoms with Gasteiger partial charge in [-0.25, -0.2) is 9.48 Å². The van der Waals surface area contributed by atoms with Crippen LogP contribution < -0.4 is 16.4 Å². The van der Waals surface area contributed by atoms with Gasteiger partial charge < -0.3 is 14.8 Å². The van der Waals surface area contributed by atoms with Crippen LogP contribution in [-0.4, -0.2) is 47.4 Å². The van der Waals surface area contributed by atoms with Crippen molar-refractivity contribution in [1.29, 1.82) is 0 Å². The van der Waals surface area contributed by atoms with Crippen molar-refractivity contribution in [2.75, 3.05) is 13.7 Å². The maximum Gasteiger partial charge on any atom is 0.328 e. The highest BCUT2D eigenvalue weighted by Gasteiger charge is 2.23. The maximum atomic E-state index is 12.4. The van der Waals surface area contributed by atoms with Gasteiger partial charge in [-0.05, 0) is 24.5 Å². The molecule has 1 heterocycles. The SMILES string of the molecule is COC(=O)C(CC(C)C)NC(=O)COC(=O)Cn1[nH]c(=O)c2ccccc2c1=O. The molecule has 0 aliphatic carbocycles. The van der Waals surface area contributed by atoms with E-state index in [4.69, 9.17) is 4.74 Å². The number of amides is 1. The van der Waals surface area contributed by atoms with Gasteiger partial charge in [-0.2, -0.15) is 0 Å². The number of carbonyl (C=O) groups excluding carboxylic acids is 3. The Kier molecular flexibility index (Phi) is 7.29. The smallest absolute Gasteiger partial charge is 0.328 e. The predicted octanol–water partition coefficient (Wildman–Crippen LogP) is -0.0631. The Labute approximate surface area is 165 Å². The van der Waals surface area contributed by atoms with Crippen LogP contribution in [0.2, 0.25) is 0 Å². The summed E-state index contributed by atoms with van der Waals surface area (Å²) in [5.41, 5.74) is -1.09. The molecule has 0 radical (unpaired) electrons. The Balaban J connectivity index is 1.99. The Morgan fingerprint density at radius 3 is 2.41 bits per heavy atom. The first-order valence-electron chi connectivity index (χ1n) is 8.97. The van der Waals surface area contributed by atoms with Crippen LogP contribution in [0.25, 0.3) is 10.8 Å². The molecular formula is C19H23N3O7. The number of nitrogens with one attached hydrogen (secondary N) is 2. The lowest BCUT2D eigenvalue weighted by Gasteiger charge is -2.18.